The van der Waals surface area contributed by atoms with Crippen molar-refractivity contribution in [2.24, 2.45) is 0 Å². The highest BCUT2D eigenvalue weighted by Crippen LogP contribution is 2.36. The maximum Gasteiger partial charge on any atom is 0.323 e. The lowest BCUT2D eigenvalue weighted by Crippen LogP contribution is -2.35. The zero-order valence-electron chi connectivity index (χ0n) is 12.0. The van der Waals surface area contributed by atoms with Gasteiger partial charge >= 0.3 is 5.97 Å². The van der Waals surface area contributed by atoms with Crippen molar-refractivity contribution in [1.29, 1.82) is 0 Å². The Kier molecular flexibility index (Phi) is 10.2. The van der Waals surface area contributed by atoms with Gasteiger partial charge in [-0.15, -0.1) is 0 Å². The van der Waals surface area contributed by atoms with Gasteiger partial charge in [0, 0.05) is 0 Å². The van der Waals surface area contributed by atoms with Crippen LogP contribution in [-0.2, 0) is 14.1 Å². The lowest BCUT2D eigenvalue weighted by molar-refractivity contribution is -0.147. The molecule has 0 aliphatic carbocycles. The first kappa shape index (κ1) is 17.6. The van der Waals surface area contributed by atoms with Gasteiger partial charge in [0.05, 0.1) is 6.61 Å². The van der Waals surface area contributed by atoms with Crippen molar-refractivity contribution in [2.45, 2.75) is 77.3 Å². The molecule has 0 saturated carbocycles. The summed E-state index contributed by atoms with van der Waals surface area (Å²) in [5, 5.41) is -0.792. The molecule has 0 bridgehead atoms. The van der Waals surface area contributed by atoms with Crippen LogP contribution in [0.3, 0.4) is 0 Å². The van der Waals surface area contributed by atoms with Gasteiger partial charge in [-0.2, -0.15) is 0 Å². The summed E-state index contributed by atoms with van der Waals surface area (Å²) in [6.45, 7) is 6.66. The molecule has 0 rings (SSSR count). The van der Waals surface area contributed by atoms with Crippen LogP contribution in [0.5, 0.6) is 0 Å². The normalized spacial score (nSPS) is 11.7. The molecule has 0 aromatic rings. The molecule has 106 valence electrons. The summed E-state index contributed by atoms with van der Waals surface area (Å²) in [5.74, 6) is -0.269. The Morgan fingerprint density at radius 3 is 1.89 bits per heavy atom. The topological polar surface area (TPSA) is 43.4 Å². The van der Waals surface area contributed by atoms with Crippen LogP contribution in [0.4, 0.5) is 0 Å². The second-order valence-electron chi connectivity index (χ2n) is 4.82. The standard InChI is InChI=1S/C14H27O3P/c1-4-7-10-14(18-16,11-8-5-2)13(15)17-12-9-6-3/h4-12H2,1-3H3. The number of carbonyl (C=O) groups is 1. The highest BCUT2D eigenvalue weighted by atomic mass is 31.1. The van der Waals surface area contributed by atoms with Crippen molar-refractivity contribution in [3.05, 3.63) is 0 Å². The molecular weight excluding hydrogens is 247 g/mol. The van der Waals surface area contributed by atoms with E-state index in [4.69, 9.17) is 4.74 Å². The van der Waals surface area contributed by atoms with Crippen LogP contribution in [0.25, 0.3) is 0 Å². The smallest absolute Gasteiger partial charge is 0.323 e. The summed E-state index contributed by atoms with van der Waals surface area (Å²) < 4.78 is 16.8. The molecule has 0 N–H and O–H groups in total. The van der Waals surface area contributed by atoms with Gasteiger partial charge in [-0.3, -0.25) is 9.36 Å². The monoisotopic (exact) mass is 274 g/mol. The molecule has 0 fully saturated rings. The average molecular weight is 274 g/mol. The first-order valence-corrected chi connectivity index (χ1v) is 7.99. The molecule has 0 atom stereocenters. The summed E-state index contributed by atoms with van der Waals surface area (Å²) in [7, 11) is -0.0773. The lowest BCUT2D eigenvalue weighted by Gasteiger charge is -2.24. The van der Waals surface area contributed by atoms with E-state index in [1.54, 1.807) is 0 Å². The first-order valence-electron chi connectivity index (χ1n) is 7.18. The van der Waals surface area contributed by atoms with Gasteiger partial charge in [-0.1, -0.05) is 52.9 Å². The van der Waals surface area contributed by atoms with Gasteiger partial charge in [0.1, 0.15) is 5.16 Å². The number of hydrogen-bond acceptors (Lipinski definition) is 3. The fourth-order valence-electron chi connectivity index (χ4n) is 1.84. The molecule has 3 nitrogen and oxygen atoms in total. The molecule has 0 aromatic carbocycles. The summed E-state index contributed by atoms with van der Waals surface area (Å²) in [6.07, 6.45) is 7.05. The van der Waals surface area contributed by atoms with Gasteiger partial charge in [-0.05, 0) is 19.3 Å². The Morgan fingerprint density at radius 1 is 1.00 bits per heavy atom. The largest absolute Gasteiger partial charge is 0.465 e. The maximum absolute atomic E-state index is 12.2. The molecule has 0 saturated heterocycles. The van der Waals surface area contributed by atoms with E-state index in [9.17, 15) is 9.36 Å². The fraction of sp³-hybridized carbons (Fsp3) is 0.929. The number of carbonyl (C=O) groups excluding carboxylic acids is 1. The van der Waals surface area contributed by atoms with E-state index in [-0.39, 0.29) is 14.4 Å². The minimum absolute atomic E-state index is 0.0773. The van der Waals surface area contributed by atoms with E-state index >= 15 is 0 Å². The van der Waals surface area contributed by atoms with Crippen molar-refractivity contribution in [1.82, 2.24) is 0 Å². The van der Waals surface area contributed by atoms with E-state index in [1.807, 2.05) is 0 Å². The van der Waals surface area contributed by atoms with Crippen LogP contribution in [-0.4, -0.2) is 17.7 Å². The summed E-state index contributed by atoms with van der Waals surface area (Å²) >= 11 is 0. The molecule has 0 heterocycles. The number of rotatable bonds is 11. The third kappa shape index (κ3) is 5.95. The number of unbranched alkanes of at least 4 members (excludes halogenated alkanes) is 3. The van der Waals surface area contributed by atoms with E-state index in [0.29, 0.717) is 19.4 Å². The van der Waals surface area contributed by atoms with Crippen LogP contribution < -0.4 is 0 Å². The molecule has 0 aromatic heterocycles. The lowest BCUT2D eigenvalue weighted by atomic mass is 9.95. The van der Waals surface area contributed by atoms with Gasteiger partial charge in [0.25, 0.3) is 0 Å². The Morgan fingerprint density at radius 2 is 1.50 bits per heavy atom. The van der Waals surface area contributed by atoms with Crippen molar-refractivity contribution < 1.29 is 14.1 Å². The van der Waals surface area contributed by atoms with E-state index in [1.165, 1.54) is 0 Å². The van der Waals surface area contributed by atoms with Crippen molar-refractivity contribution in [3.8, 4) is 0 Å². The molecule has 0 radical (unpaired) electrons. The van der Waals surface area contributed by atoms with Crippen molar-refractivity contribution in [2.75, 3.05) is 6.61 Å². The van der Waals surface area contributed by atoms with Gasteiger partial charge in [0.2, 0.25) is 0 Å². The second kappa shape index (κ2) is 10.5. The molecule has 0 aliphatic rings. The quantitative estimate of drug-likeness (QED) is 0.310. The molecular formula is C14H27O3P. The molecule has 0 aliphatic heterocycles. The number of esters is 1. The third-order valence-electron chi connectivity index (χ3n) is 3.17. The molecule has 0 spiro atoms. The van der Waals surface area contributed by atoms with Crippen LogP contribution in [0.15, 0.2) is 0 Å². The number of ether oxygens (including phenoxy) is 1. The van der Waals surface area contributed by atoms with Crippen LogP contribution in [0, 0.1) is 0 Å². The van der Waals surface area contributed by atoms with E-state index in [0.717, 1.165) is 38.5 Å². The Bertz CT molecular complexity index is 233. The molecule has 18 heavy (non-hydrogen) atoms. The summed E-state index contributed by atoms with van der Waals surface area (Å²) in [4.78, 5) is 12.2. The Hall–Kier alpha value is -0.430. The minimum Gasteiger partial charge on any atom is -0.465 e. The summed E-state index contributed by atoms with van der Waals surface area (Å²) in [6, 6.07) is 0. The van der Waals surface area contributed by atoms with Gasteiger partial charge in [0.15, 0.2) is 8.46 Å². The zero-order valence-corrected chi connectivity index (χ0v) is 12.9. The highest BCUT2D eigenvalue weighted by molar-refractivity contribution is 7.27. The van der Waals surface area contributed by atoms with Gasteiger partial charge < -0.3 is 4.74 Å². The summed E-state index contributed by atoms with van der Waals surface area (Å²) in [5.41, 5.74) is 0. The maximum atomic E-state index is 12.2. The van der Waals surface area contributed by atoms with Crippen LogP contribution in [0.1, 0.15) is 72.1 Å². The highest BCUT2D eigenvalue weighted by Gasteiger charge is 2.39. The third-order valence-corrected chi connectivity index (χ3v) is 4.15. The van der Waals surface area contributed by atoms with E-state index < -0.39 is 5.16 Å². The Labute approximate surface area is 113 Å². The van der Waals surface area contributed by atoms with Crippen molar-refractivity contribution >= 4 is 14.4 Å². The molecule has 4 heteroatoms. The first-order chi connectivity index (χ1) is 8.66. The second-order valence-corrected chi connectivity index (χ2v) is 5.86. The predicted molar refractivity (Wildman–Crippen MR) is 75.3 cm³/mol. The molecule has 0 amide bonds. The van der Waals surface area contributed by atoms with Crippen LogP contribution in [0.2, 0.25) is 0 Å². The zero-order chi connectivity index (χ0) is 13.9. The average Bonchev–Trinajstić information content (AvgIpc) is 2.40. The van der Waals surface area contributed by atoms with Crippen LogP contribution >= 0.6 is 8.46 Å². The van der Waals surface area contributed by atoms with E-state index in [2.05, 4.69) is 20.8 Å². The molecule has 0 unspecified atom stereocenters. The van der Waals surface area contributed by atoms with Crippen molar-refractivity contribution in [3.63, 3.8) is 0 Å². The Balaban J connectivity index is 4.57. The predicted octanol–water partition coefficient (Wildman–Crippen LogP) is 4.74. The SMILES string of the molecule is CCCCOC(=O)C(CCCC)(CCCC)P=O. The minimum atomic E-state index is -0.792. The van der Waals surface area contributed by atoms with Gasteiger partial charge in [-0.25, -0.2) is 0 Å². The fourth-order valence-corrected chi connectivity index (χ4v) is 2.48. The number of hydrogen-bond donors (Lipinski definition) is 0.